The van der Waals surface area contributed by atoms with Crippen molar-refractivity contribution in [3.8, 4) is 17.0 Å². The van der Waals surface area contributed by atoms with Crippen molar-refractivity contribution in [1.82, 2.24) is 0 Å². The van der Waals surface area contributed by atoms with Gasteiger partial charge in [0.25, 0.3) is 0 Å². The number of aromatic nitrogens is 1. The lowest BCUT2D eigenvalue weighted by Gasteiger charge is -2.07. The second-order valence-corrected chi connectivity index (χ2v) is 6.00. The first kappa shape index (κ1) is 17.5. The van der Waals surface area contributed by atoms with Gasteiger partial charge in [-0.25, -0.2) is 4.57 Å². The van der Waals surface area contributed by atoms with Crippen molar-refractivity contribution in [2.45, 2.75) is 26.3 Å². The van der Waals surface area contributed by atoms with E-state index in [2.05, 4.69) is 16.8 Å². The molecule has 2 aromatic rings. The van der Waals surface area contributed by atoms with Crippen molar-refractivity contribution < 1.29 is 26.6 Å². The van der Waals surface area contributed by atoms with Crippen LogP contribution in [-0.4, -0.2) is 18.1 Å². The second kappa shape index (κ2) is 7.61. The molecule has 2 heterocycles. The van der Waals surface area contributed by atoms with Gasteiger partial charge in [0.15, 0.2) is 5.75 Å². The lowest BCUT2D eigenvalue weighted by atomic mass is 10.1. The second-order valence-electron chi connectivity index (χ2n) is 5.15. The van der Waals surface area contributed by atoms with Crippen LogP contribution in [0.15, 0.2) is 23.6 Å². The number of nitrogens with zero attached hydrogens (tertiary/aromatic N) is 2. The fraction of sp³-hybridized carbons (Fsp3) is 0.400. The fourth-order valence-corrected chi connectivity index (χ4v) is 3.46. The number of fused-ring (bicyclic) bond motifs is 1. The fourth-order valence-electron chi connectivity index (χ4n) is 2.47. The van der Waals surface area contributed by atoms with Gasteiger partial charge in [0, 0.05) is 17.0 Å². The minimum Gasteiger partial charge on any atom is -1.00 e. The zero-order chi connectivity index (χ0) is 15.5. The Hall–Kier alpha value is -1.86. The van der Waals surface area contributed by atoms with Crippen molar-refractivity contribution in [1.29, 1.82) is 0 Å². The summed E-state index contributed by atoms with van der Waals surface area (Å²) in [4.78, 5) is 10.9. The van der Waals surface area contributed by atoms with Crippen molar-refractivity contribution in [2.75, 3.05) is 18.5 Å². The highest BCUT2D eigenvalue weighted by Crippen LogP contribution is 2.33. The summed E-state index contributed by atoms with van der Waals surface area (Å²) in [6.07, 6.45) is 1.88. The van der Waals surface area contributed by atoms with Crippen molar-refractivity contribution in [3.05, 3.63) is 33.7 Å². The van der Waals surface area contributed by atoms with Crippen LogP contribution in [-0.2, 0) is 6.54 Å². The van der Waals surface area contributed by atoms with Crippen LogP contribution in [0.5, 0.6) is 5.75 Å². The standard InChI is InChI=1S/C15H17N3O3S.ClH/c1-2-3-8-21-14-5-4-11(9-12(14)18(19)20)13-10-22-15-16-6-7-17(13)15;/h4-5,9-10H,2-3,6-8H2,1H3;1H. The number of thiazole rings is 1. The summed E-state index contributed by atoms with van der Waals surface area (Å²) in [6, 6.07) is 5.20. The van der Waals surface area contributed by atoms with Crippen LogP contribution in [0.25, 0.3) is 11.3 Å². The molecule has 6 nitrogen and oxygen atoms in total. The number of nitro groups is 1. The van der Waals surface area contributed by atoms with Gasteiger partial charge in [0.2, 0.25) is 0 Å². The summed E-state index contributed by atoms with van der Waals surface area (Å²) in [5.74, 6) is 0.345. The predicted octanol–water partition coefficient (Wildman–Crippen LogP) is 0.219. The quantitative estimate of drug-likeness (QED) is 0.348. The molecule has 1 aromatic carbocycles. The molecule has 0 saturated heterocycles. The topological polar surface area (TPSA) is 68.3 Å². The average molecular weight is 356 g/mol. The van der Waals surface area contributed by atoms with E-state index in [1.165, 1.54) is 0 Å². The van der Waals surface area contributed by atoms with Crippen LogP contribution >= 0.6 is 11.3 Å². The Morgan fingerprint density at radius 1 is 1.48 bits per heavy atom. The van der Waals surface area contributed by atoms with Gasteiger partial charge in [0.05, 0.1) is 11.5 Å². The Bertz CT molecular complexity index is 705. The van der Waals surface area contributed by atoms with E-state index < -0.39 is 0 Å². The number of ether oxygens (including phenoxy) is 1. The lowest BCUT2D eigenvalue weighted by molar-refractivity contribution is -0.655. The molecular formula is C15H18ClN3O3S. The Labute approximate surface area is 144 Å². The molecule has 8 heteroatoms. The molecule has 0 amide bonds. The van der Waals surface area contributed by atoms with Crippen LogP contribution in [0.2, 0.25) is 0 Å². The first-order chi connectivity index (χ1) is 10.7. The van der Waals surface area contributed by atoms with Gasteiger partial charge in [-0.15, -0.1) is 0 Å². The molecule has 1 N–H and O–H groups in total. The normalized spacial score (nSPS) is 12.2. The van der Waals surface area contributed by atoms with E-state index in [0.29, 0.717) is 12.4 Å². The van der Waals surface area contributed by atoms with Gasteiger partial charge in [-0.05, 0) is 18.6 Å². The van der Waals surface area contributed by atoms with Crippen molar-refractivity contribution in [2.24, 2.45) is 0 Å². The third kappa shape index (κ3) is 3.56. The largest absolute Gasteiger partial charge is 1.00 e. The van der Waals surface area contributed by atoms with E-state index in [0.717, 1.165) is 42.3 Å². The number of benzene rings is 1. The Balaban J connectivity index is 0.00000192. The minimum absolute atomic E-state index is 0. The highest BCUT2D eigenvalue weighted by atomic mass is 35.5. The number of rotatable bonds is 6. The summed E-state index contributed by atoms with van der Waals surface area (Å²) in [5.41, 5.74) is 1.88. The zero-order valence-electron chi connectivity index (χ0n) is 12.8. The molecule has 124 valence electrons. The smallest absolute Gasteiger partial charge is 0.334 e. The summed E-state index contributed by atoms with van der Waals surface area (Å²) in [7, 11) is 0. The number of hydrogen-bond donors (Lipinski definition) is 1. The van der Waals surface area contributed by atoms with Crippen molar-refractivity contribution in [3.63, 3.8) is 0 Å². The third-order valence-electron chi connectivity index (χ3n) is 3.64. The molecule has 0 unspecified atom stereocenters. The molecule has 0 saturated carbocycles. The van der Waals surface area contributed by atoms with Crippen LogP contribution < -0.4 is 27.0 Å². The molecule has 1 aromatic heterocycles. The molecule has 0 fully saturated rings. The maximum Gasteiger partial charge on any atom is 0.334 e. The number of nitro benzene ring substituents is 1. The lowest BCUT2D eigenvalue weighted by Crippen LogP contribution is -3.00. The maximum absolute atomic E-state index is 11.3. The molecule has 1 aliphatic heterocycles. The first-order valence-corrected chi connectivity index (χ1v) is 8.25. The minimum atomic E-state index is -0.375. The molecule has 0 bridgehead atoms. The maximum atomic E-state index is 11.3. The van der Waals surface area contributed by atoms with Gasteiger partial charge in [-0.2, -0.15) is 0 Å². The van der Waals surface area contributed by atoms with Crippen LogP contribution in [0.4, 0.5) is 10.8 Å². The highest BCUT2D eigenvalue weighted by molar-refractivity contribution is 7.13. The van der Waals surface area contributed by atoms with E-state index in [4.69, 9.17) is 4.74 Å². The van der Waals surface area contributed by atoms with E-state index in [1.807, 2.05) is 11.4 Å². The molecule has 23 heavy (non-hydrogen) atoms. The molecule has 3 rings (SSSR count). The van der Waals surface area contributed by atoms with E-state index >= 15 is 0 Å². The van der Waals surface area contributed by atoms with E-state index in [1.54, 1.807) is 23.5 Å². The summed E-state index contributed by atoms with van der Waals surface area (Å²) in [5, 5.41) is 17.7. The average Bonchev–Trinajstić information content (AvgIpc) is 3.10. The molecule has 0 atom stereocenters. The van der Waals surface area contributed by atoms with Crippen LogP contribution in [0, 0.1) is 10.1 Å². The van der Waals surface area contributed by atoms with Crippen LogP contribution in [0.3, 0.4) is 0 Å². The summed E-state index contributed by atoms with van der Waals surface area (Å²) < 4.78 is 7.70. The van der Waals surface area contributed by atoms with E-state index in [9.17, 15) is 10.1 Å². The summed E-state index contributed by atoms with van der Waals surface area (Å²) in [6.45, 7) is 4.35. The Morgan fingerprint density at radius 2 is 2.30 bits per heavy atom. The number of halogens is 1. The van der Waals surface area contributed by atoms with Crippen molar-refractivity contribution >= 4 is 22.2 Å². The zero-order valence-corrected chi connectivity index (χ0v) is 14.3. The van der Waals surface area contributed by atoms with Gasteiger partial charge in [0.1, 0.15) is 18.8 Å². The number of anilines is 1. The number of hydrogen-bond acceptors (Lipinski definition) is 5. The van der Waals surface area contributed by atoms with Gasteiger partial charge < -0.3 is 17.1 Å². The van der Waals surface area contributed by atoms with Crippen LogP contribution in [0.1, 0.15) is 19.8 Å². The van der Waals surface area contributed by atoms with Gasteiger partial charge in [-0.3, -0.25) is 15.4 Å². The monoisotopic (exact) mass is 355 g/mol. The molecule has 0 spiro atoms. The predicted molar refractivity (Wildman–Crippen MR) is 85.5 cm³/mol. The van der Waals surface area contributed by atoms with Gasteiger partial charge >= 0.3 is 10.8 Å². The highest BCUT2D eigenvalue weighted by Gasteiger charge is 2.26. The Kier molecular flexibility index (Phi) is 5.79. The van der Waals surface area contributed by atoms with E-state index in [-0.39, 0.29) is 23.0 Å². The third-order valence-corrected chi connectivity index (χ3v) is 4.57. The molecule has 0 radical (unpaired) electrons. The van der Waals surface area contributed by atoms with Gasteiger partial charge in [-0.1, -0.05) is 24.7 Å². The summed E-state index contributed by atoms with van der Waals surface area (Å²) >= 11 is 1.62. The first-order valence-electron chi connectivity index (χ1n) is 7.37. The molecule has 0 aliphatic carbocycles. The number of unbranched alkanes of at least 4 members (excludes halogenated alkanes) is 1. The molecule has 1 aliphatic rings. The number of nitrogens with one attached hydrogen (secondary N) is 1. The SMILES string of the molecule is CCCCOc1ccc(-c2csc3[n+]2CCN3)cc1[N+](=O)[O-].[Cl-]. The Morgan fingerprint density at radius 3 is 3.04 bits per heavy atom. The molecular weight excluding hydrogens is 338 g/mol.